The molecular formula is C13H26N4O. The lowest BCUT2D eigenvalue weighted by atomic mass is 10.1. The molecule has 0 aliphatic rings. The molecule has 5 heteroatoms. The van der Waals surface area contributed by atoms with Gasteiger partial charge in [0.2, 0.25) is 0 Å². The Kier molecular flexibility index (Phi) is 6.15. The molecule has 0 spiro atoms. The van der Waals surface area contributed by atoms with Gasteiger partial charge in [-0.15, -0.1) is 0 Å². The number of nitrogens with one attached hydrogen (secondary N) is 1. The molecule has 0 aliphatic heterocycles. The number of hydrogen-bond acceptors (Lipinski definition) is 4. The minimum atomic E-state index is 0.244. The van der Waals surface area contributed by atoms with Gasteiger partial charge in [0.05, 0.1) is 25.0 Å². The first kappa shape index (κ1) is 15.0. The molecule has 1 heterocycles. The Labute approximate surface area is 110 Å². The molecule has 0 saturated heterocycles. The fourth-order valence-electron chi connectivity index (χ4n) is 2.14. The fourth-order valence-corrected chi connectivity index (χ4v) is 2.14. The van der Waals surface area contributed by atoms with Gasteiger partial charge in [-0.2, -0.15) is 5.10 Å². The summed E-state index contributed by atoms with van der Waals surface area (Å²) in [5.41, 5.74) is 1.15. The first-order valence-electron chi connectivity index (χ1n) is 6.61. The van der Waals surface area contributed by atoms with Gasteiger partial charge in [-0.05, 0) is 27.1 Å². The van der Waals surface area contributed by atoms with Gasteiger partial charge in [-0.25, -0.2) is 0 Å². The summed E-state index contributed by atoms with van der Waals surface area (Å²) in [7, 11) is 5.87. The summed E-state index contributed by atoms with van der Waals surface area (Å²) in [6, 6.07) is 0.244. The highest BCUT2D eigenvalue weighted by atomic mass is 16.5. The smallest absolute Gasteiger partial charge is 0.161 e. The summed E-state index contributed by atoms with van der Waals surface area (Å²) in [6.45, 7) is 7.06. The molecule has 1 N–H and O–H groups in total. The maximum absolute atomic E-state index is 5.44. The van der Waals surface area contributed by atoms with Crippen LogP contribution in [0, 0.1) is 0 Å². The molecule has 0 saturated carbocycles. The molecule has 104 valence electrons. The van der Waals surface area contributed by atoms with Crippen molar-refractivity contribution in [3.63, 3.8) is 0 Å². The van der Waals surface area contributed by atoms with E-state index in [1.807, 2.05) is 6.20 Å². The van der Waals surface area contributed by atoms with Gasteiger partial charge in [-0.3, -0.25) is 4.68 Å². The minimum absolute atomic E-state index is 0.244. The second-order valence-electron chi connectivity index (χ2n) is 4.69. The molecule has 0 aliphatic carbocycles. The Bertz CT molecular complexity index is 349. The van der Waals surface area contributed by atoms with Crippen LogP contribution in [0.5, 0.6) is 5.75 Å². The zero-order valence-corrected chi connectivity index (χ0v) is 12.2. The van der Waals surface area contributed by atoms with E-state index in [1.165, 1.54) is 0 Å². The van der Waals surface area contributed by atoms with Crippen LogP contribution >= 0.6 is 0 Å². The van der Waals surface area contributed by atoms with Crippen LogP contribution in [0.3, 0.4) is 0 Å². The summed E-state index contributed by atoms with van der Waals surface area (Å²) >= 11 is 0. The highest BCUT2D eigenvalue weighted by Crippen LogP contribution is 2.25. The Morgan fingerprint density at radius 1 is 1.44 bits per heavy atom. The Balaban J connectivity index is 3.02. The van der Waals surface area contributed by atoms with Crippen molar-refractivity contribution in [1.82, 2.24) is 20.0 Å². The van der Waals surface area contributed by atoms with E-state index < -0.39 is 0 Å². The highest BCUT2D eigenvalue weighted by molar-refractivity contribution is 5.28. The van der Waals surface area contributed by atoms with Crippen molar-refractivity contribution < 1.29 is 4.74 Å². The number of methoxy groups -OCH3 is 1. The van der Waals surface area contributed by atoms with Crippen LogP contribution in [0.2, 0.25) is 0 Å². The Hall–Kier alpha value is -1.07. The Morgan fingerprint density at radius 2 is 2.17 bits per heavy atom. The number of hydrogen-bond donors (Lipinski definition) is 1. The third-order valence-electron chi connectivity index (χ3n) is 2.83. The van der Waals surface area contributed by atoms with Crippen LogP contribution in [0.1, 0.15) is 32.0 Å². The summed E-state index contributed by atoms with van der Waals surface area (Å²) in [4.78, 5) is 2.18. The molecule has 1 unspecified atom stereocenters. The normalized spacial score (nSPS) is 13.0. The van der Waals surface area contributed by atoms with Gasteiger partial charge < -0.3 is 15.0 Å². The second kappa shape index (κ2) is 7.38. The molecule has 0 aromatic carbocycles. The molecular weight excluding hydrogens is 228 g/mol. The largest absolute Gasteiger partial charge is 0.493 e. The molecule has 1 aromatic heterocycles. The topological polar surface area (TPSA) is 42.3 Å². The third kappa shape index (κ3) is 3.71. The number of ether oxygens (including phenoxy) is 1. The number of aryl methyl sites for hydroxylation is 1. The van der Waals surface area contributed by atoms with Crippen LogP contribution in [0.15, 0.2) is 6.20 Å². The molecule has 1 aromatic rings. The molecule has 1 atom stereocenters. The second-order valence-corrected chi connectivity index (χ2v) is 4.69. The van der Waals surface area contributed by atoms with Gasteiger partial charge in [-0.1, -0.05) is 13.8 Å². The van der Waals surface area contributed by atoms with Gasteiger partial charge in [0, 0.05) is 13.1 Å². The van der Waals surface area contributed by atoms with E-state index in [4.69, 9.17) is 4.74 Å². The van der Waals surface area contributed by atoms with E-state index in [0.717, 1.165) is 37.5 Å². The van der Waals surface area contributed by atoms with Crippen molar-refractivity contribution in [2.75, 3.05) is 34.3 Å². The molecule has 5 nitrogen and oxygen atoms in total. The number of nitrogens with zero attached hydrogens (tertiary/aromatic N) is 3. The van der Waals surface area contributed by atoms with E-state index in [-0.39, 0.29) is 6.04 Å². The zero-order chi connectivity index (χ0) is 13.5. The lowest BCUT2D eigenvalue weighted by Crippen LogP contribution is -2.33. The molecule has 0 amide bonds. The molecule has 0 bridgehead atoms. The van der Waals surface area contributed by atoms with Crippen molar-refractivity contribution in [2.45, 2.75) is 32.9 Å². The standard InChI is InChI=1S/C13H26N4O/c1-6-8-17-13(12(18-5)9-15-17)11(14-7-2)10-16(3)4/h9,11,14H,6-8,10H2,1-5H3. The van der Waals surface area contributed by atoms with Crippen LogP contribution in [-0.2, 0) is 6.54 Å². The lowest BCUT2D eigenvalue weighted by molar-refractivity contribution is 0.321. The monoisotopic (exact) mass is 254 g/mol. The van der Waals surface area contributed by atoms with Crippen LogP contribution < -0.4 is 10.1 Å². The first-order chi connectivity index (χ1) is 8.63. The molecule has 18 heavy (non-hydrogen) atoms. The van der Waals surface area contributed by atoms with E-state index in [1.54, 1.807) is 7.11 Å². The first-order valence-corrected chi connectivity index (χ1v) is 6.61. The predicted molar refractivity (Wildman–Crippen MR) is 74.0 cm³/mol. The summed E-state index contributed by atoms with van der Waals surface area (Å²) in [5, 5.41) is 7.93. The quantitative estimate of drug-likeness (QED) is 0.763. The van der Waals surface area contributed by atoms with Crippen molar-refractivity contribution in [3.05, 3.63) is 11.9 Å². The van der Waals surface area contributed by atoms with Gasteiger partial charge >= 0.3 is 0 Å². The minimum Gasteiger partial charge on any atom is -0.493 e. The van der Waals surface area contributed by atoms with E-state index in [0.29, 0.717) is 0 Å². The molecule has 0 fully saturated rings. The van der Waals surface area contributed by atoms with Crippen molar-refractivity contribution in [1.29, 1.82) is 0 Å². The number of rotatable bonds is 8. The maximum atomic E-state index is 5.44. The summed E-state index contributed by atoms with van der Waals surface area (Å²) in [6.07, 6.45) is 2.88. The lowest BCUT2D eigenvalue weighted by Gasteiger charge is -2.23. The van der Waals surface area contributed by atoms with Crippen LogP contribution in [-0.4, -0.2) is 49.0 Å². The SMILES string of the molecule is CCCn1ncc(OC)c1C(CN(C)C)NCC. The van der Waals surface area contributed by atoms with Crippen molar-refractivity contribution >= 4 is 0 Å². The number of likely N-dealkylation sites (N-methyl/N-ethyl adjacent to an activating group) is 2. The van der Waals surface area contributed by atoms with Crippen LogP contribution in [0.4, 0.5) is 0 Å². The van der Waals surface area contributed by atoms with Crippen molar-refractivity contribution in [3.8, 4) is 5.75 Å². The molecule has 1 rings (SSSR count). The van der Waals surface area contributed by atoms with Gasteiger partial charge in [0.15, 0.2) is 5.75 Å². The van der Waals surface area contributed by atoms with E-state index >= 15 is 0 Å². The van der Waals surface area contributed by atoms with Gasteiger partial charge in [0.25, 0.3) is 0 Å². The summed E-state index contributed by atoms with van der Waals surface area (Å²) < 4.78 is 7.49. The number of aromatic nitrogens is 2. The predicted octanol–water partition coefficient (Wildman–Crippen LogP) is 1.51. The van der Waals surface area contributed by atoms with Crippen LogP contribution in [0.25, 0.3) is 0 Å². The Morgan fingerprint density at radius 3 is 2.67 bits per heavy atom. The van der Waals surface area contributed by atoms with Gasteiger partial charge in [0.1, 0.15) is 0 Å². The maximum Gasteiger partial charge on any atom is 0.161 e. The third-order valence-corrected chi connectivity index (χ3v) is 2.83. The van der Waals surface area contributed by atoms with E-state index in [9.17, 15) is 0 Å². The zero-order valence-electron chi connectivity index (χ0n) is 12.2. The molecule has 0 radical (unpaired) electrons. The van der Waals surface area contributed by atoms with Crippen molar-refractivity contribution in [2.24, 2.45) is 0 Å². The van der Waals surface area contributed by atoms with E-state index in [2.05, 4.69) is 47.9 Å². The highest BCUT2D eigenvalue weighted by Gasteiger charge is 2.21. The average Bonchev–Trinajstić information content (AvgIpc) is 2.71. The summed E-state index contributed by atoms with van der Waals surface area (Å²) in [5.74, 6) is 0.872. The average molecular weight is 254 g/mol. The fraction of sp³-hybridized carbons (Fsp3) is 0.769.